The van der Waals surface area contributed by atoms with Crippen molar-refractivity contribution >= 4 is 0 Å². The van der Waals surface area contributed by atoms with Crippen molar-refractivity contribution in [2.45, 2.75) is 65.1 Å². The zero-order chi connectivity index (χ0) is 15.4. The molecule has 21 heavy (non-hydrogen) atoms. The molecule has 1 aliphatic heterocycles. The molecule has 0 saturated carbocycles. The minimum Gasteiger partial charge on any atom is -0.491 e. The van der Waals surface area contributed by atoms with Crippen LogP contribution in [0, 0.1) is 13.8 Å². The van der Waals surface area contributed by atoms with Crippen molar-refractivity contribution in [3.63, 3.8) is 0 Å². The fraction of sp³-hybridized carbons (Fsp3) is 0.667. The van der Waals surface area contributed by atoms with Crippen molar-refractivity contribution in [3.05, 3.63) is 29.3 Å². The predicted octanol–water partition coefficient (Wildman–Crippen LogP) is 3.31. The molecule has 3 nitrogen and oxygen atoms in total. The number of likely N-dealkylation sites (tertiary alicyclic amines) is 1. The standard InChI is InChI=1S/C18H29NO2/c1-13-7-5-10-18(16(13)4)21-12-17(20)11-19-14(2)8-6-9-15(19)3/h5,7,10,14-15,17,20H,6,8-9,11-12H2,1-4H3. The molecule has 1 aromatic rings. The first-order valence-electron chi connectivity index (χ1n) is 8.12. The van der Waals surface area contributed by atoms with Crippen molar-refractivity contribution in [1.29, 1.82) is 0 Å². The molecule has 1 fully saturated rings. The maximum atomic E-state index is 10.3. The Kier molecular flexibility index (Phi) is 5.65. The normalized spacial score (nSPS) is 24.8. The maximum Gasteiger partial charge on any atom is 0.122 e. The second-order valence-electron chi connectivity index (χ2n) is 6.49. The number of β-amino-alcohol motifs (C(OH)–C–C–N with tert-alkyl or cyclic N) is 1. The van der Waals surface area contributed by atoms with Gasteiger partial charge in [0.15, 0.2) is 0 Å². The number of rotatable bonds is 5. The predicted molar refractivity (Wildman–Crippen MR) is 86.9 cm³/mol. The number of piperidine rings is 1. The molecule has 0 spiro atoms. The Morgan fingerprint density at radius 3 is 2.57 bits per heavy atom. The summed E-state index contributed by atoms with van der Waals surface area (Å²) in [6.45, 7) is 9.72. The lowest BCUT2D eigenvalue weighted by molar-refractivity contribution is 0.0207. The third-order valence-electron chi connectivity index (χ3n) is 4.78. The number of nitrogens with zero attached hydrogens (tertiary/aromatic N) is 1. The van der Waals surface area contributed by atoms with Crippen LogP contribution in [0.4, 0.5) is 0 Å². The minimum atomic E-state index is -0.437. The summed E-state index contributed by atoms with van der Waals surface area (Å²) in [4.78, 5) is 2.42. The second kappa shape index (κ2) is 7.28. The zero-order valence-corrected chi connectivity index (χ0v) is 13.8. The Bertz CT molecular complexity index is 451. The first-order valence-corrected chi connectivity index (χ1v) is 8.12. The Morgan fingerprint density at radius 1 is 1.24 bits per heavy atom. The number of benzene rings is 1. The van der Waals surface area contributed by atoms with Gasteiger partial charge in [0.25, 0.3) is 0 Å². The van der Waals surface area contributed by atoms with E-state index in [1.807, 2.05) is 12.1 Å². The van der Waals surface area contributed by atoms with Crippen molar-refractivity contribution < 1.29 is 9.84 Å². The van der Waals surface area contributed by atoms with Crippen molar-refractivity contribution in [2.75, 3.05) is 13.2 Å². The highest BCUT2D eigenvalue weighted by atomic mass is 16.5. The Balaban J connectivity index is 1.87. The molecule has 3 unspecified atom stereocenters. The molecule has 3 heteroatoms. The van der Waals surface area contributed by atoms with E-state index in [0.717, 1.165) is 11.3 Å². The van der Waals surface area contributed by atoms with E-state index >= 15 is 0 Å². The average Bonchev–Trinajstić information content (AvgIpc) is 2.45. The van der Waals surface area contributed by atoms with E-state index in [1.54, 1.807) is 0 Å². The van der Waals surface area contributed by atoms with Crippen LogP contribution in [0.25, 0.3) is 0 Å². The molecule has 0 bridgehead atoms. The quantitative estimate of drug-likeness (QED) is 0.903. The monoisotopic (exact) mass is 291 g/mol. The van der Waals surface area contributed by atoms with Crippen molar-refractivity contribution in [3.8, 4) is 5.75 Å². The molecule has 0 amide bonds. The fourth-order valence-corrected chi connectivity index (χ4v) is 3.20. The molecule has 1 aliphatic rings. The number of hydrogen-bond acceptors (Lipinski definition) is 3. The van der Waals surface area contributed by atoms with Crippen LogP contribution in [-0.4, -0.2) is 41.3 Å². The summed E-state index contributed by atoms with van der Waals surface area (Å²) in [6.07, 6.45) is 3.32. The highest BCUT2D eigenvalue weighted by Crippen LogP contribution is 2.23. The van der Waals surface area contributed by atoms with Crippen LogP contribution in [0.2, 0.25) is 0 Å². The third kappa shape index (κ3) is 4.21. The fourth-order valence-electron chi connectivity index (χ4n) is 3.20. The maximum absolute atomic E-state index is 10.3. The molecule has 118 valence electrons. The van der Waals surface area contributed by atoms with Crippen LogP contribution < -0.4 is 4.74 Å². The molecule has 0 aromatic heterocycles. The van der Waals surface area contributed by atoms with Gasteiger partial charge in [0.1, 0.15) is 18.5 Å². The van der Waals surface area contributed by atoms with Gasteiger partial charge in [-0.15, -0.1) is 0 Å². The summed E-state index contributed by atoms with van der Waals surface area (Å²) < 4.78 is 5.81. The van der Waals surface area contributed by atoms with Crippen LogP contribution in [0.5, 0.6) is 5.75 Å². The molecule has 0 aliphatic carbocycles. The number of hydrogen-bond donors (Lipinski definition) is 1. The summed E-state index contributed by atoms with van der Waals surface area (Å²) in [5.74, 6) is 0.883. The Hall–Kier alpha value is -1.06. The van der Waals surface area contributed by atoms with Crippen LogP contribution in [0.15, 0.2) is 18.2 Å². The molecule has 1 saturated heterocycles. The summed E-state index contributed by atoms with van der Waals surface area (Å²) in [6, 6.07) is 7.17. The van der Waals surface area contributed by atoms with E-state index in [0.29, 0.717) is 25.2 Å². The van der Waals surface area contributed by atoms with E-state index in [1.165, 1.54) is 24.8 Å². The molecule has 1 aromatic carbocycles. The summed E-state index contributed by atoms with van der Waals surface area (Å²) in [7, 11) is 0. The van der Waals surface area contributed by atoms with E-state index in [4.69, 9.17) is 4.74 Å². The van der Waals surface area contributed by atoms with E-state index < -0.39 is 6.10 Å². The first kappa shape index (κ1) is 16.3. The molecule has 2 rings (SSSR count). The lowest BCUT2D eigenvalue weighted by Gasteiger charge is -2.40. The average molecular weight is 291 g/mol. The van der Waals surface area contributed by atoms with E-state index in [9.17, 15) is 5.11 Å². The number of aliphatic hydroxyl groups is 1. The van der Waals surface area contributed by atoms with Gasteiger partial charge in [-0.3, -0.25) is 4.90 Å². The second-order valence-corrected chi connectivity index (χ2v) is 6.49. The molecule has 0 radical (unpaired) electrons. The number of aryl methyl sites for hydroxylation is 1. The largest absolute Gasteiger partial charge is 0.491 e. The highest BCUT2D eigenvalue weighted by molar-refractivity contribution is 5.38. The van der Waals surface area contributed by atoms with Gasteiger partial charge in [-0.2, -0.15) is 0 Å². The minimum absolute atomic E-state index is 0.361. The van der Waals surface area contributed by atoms with Crippen LogP contribution >= 0.6 is 0 Å². The van der Waals surface area contributed by atoms with E-state index in [-0.39, 0.29) is 0 Å². The van der Waals surface area contributed by atoms with Gasteiger partial charge in [-0.25, -0.2) is 0 Å². The topological polar surface area (TPSA) is 32.7 Å². The third-order valence-corrected chi connectivity index (χ3v) is 4.78. The lowest BCUT2D eigenvalue weighted by atomic mass is 9.97. The smallest absolute Gasteiger partial charge is 0.122 e. The van der Waals surface area contributed by atoms with Crippen LogP contribution in [0.3, 0.4) is 0 Å². The van der Waals surface area contributed by atoms with Crippen LogP contribution in [-0.2, 0) is 0 Å². The van der Waals surface area contributed by atoms with Gasteiger partial charge < -0.3 is 9.84 Å². The number of aliphatic hydroxyl groups excluding tert-OH is 1. The lowest BCUT2D eigenvalue weighted by Crippen LogP contribution is -2.48. The number of ether oxygens (including phenoxy) is 1. The van der Waals surface area contributed by atoms with E-state index in [2.05, 4.69) is 38.7 Å². The van der Waals surface area contributed by atoms with Gasteiger partial charge >= 0.3 is 0 Å². The summed E-state index contributed by atoms with van der Waals surface area (Å²) in [5.41, 5.74) is 2.38. The van der Waals surface area contributed by atoms with Crippen molar-refractivity contribution in [2.24, 2.45) is 0 Å². The Labute approximate surface area is 128 Å². The van der Waals surface area contributed by atoms with Gasteiger partial charge in [0.05, 0.1) is 0 Å². The van der Waals surface area contributed by atoms with Gasteiger partial charge in [0, 0.05) is 18.6 Å². The molecular weight excluding hydrogens is 262 g/mol. The first-order chi connectivity index (χ1) is 9.99. The molecule has 1 N–H and O–H groups in total. The summed E-state index contributed by atoms with van der Waals surface area (Å²) in [5, 5.41) is 10.3. The molecule has 1 heterocycles. The zero-order valence-electron chi connectivity index (χ0n) is 13.8. The highest BCUT2D eigenvalue weighted by Gasteiger charge is 2.26. The molecular formula is C18H29NO2. The Morgan fingerprint density at radius 2 is 1.90 bits per heavy atom. The van der Waals surface area contributed by atoms with Gasteiger partial charge in [-0.05, 0) is 57.7 Å². The molecule has 3 atom stereocenters. The SMILES string of the molecule is Cc1cccc(OCC(O)CN2C(C)CCCC2C)c1C. The van der Waals surface area contributed by atoms with Gasteiger partial charge in [-0.1, -0.05) is 18.6 Å². The summed E-state index contributed by atoms with van der Waals surface area (Å²) >= 11 is 0. The van der Waals surface area contributed by atoms with Crippen molar-refractivity contribution in [1.82, 2.24) is 4.90 Å². The van der Waals surface area contributed by atoms with Gasteiger partial charge in [0.2, 0.25) is 0 Å². The van der Waals surface area contributed by atoms with Crippen LogP contribution in [0.1, 0.15) is 44.2 Å².